The highest BCUT2D eigenvalue weighted by molar-refractivity contribution is 5.71. The number of aromatic nitrogens is 1. The first-order chi connectivity index (χ1) is 10.5. The Hall–Kier alpha value is -2.60. The Labute approximate surface area is 129 Å². The van der Waals surface area contributed by atoms with Gasteiger partial charge in [0.2, 0.25) is 0 Å². The van der Waals surface area contributed by atoms with Crippen molar-refractivity contribution in [3.05, 3.63) is 32.7 Å². The van der Waals surface area contributed by atoms with E-state index in [0.29, 0.717) is 6.61 Å². The number of aromatic amines is 1. The molecule has 1 aliphatic rings. The summed E-state index contributed by atoms with van der Waals surface area (Å²) in [6.07, 6.45) is 4.08. The average Bonchev–Trinajstić information content (AvgIpc) is 2.49. The summed E-state index contributed by atoms with van der Waals surface area (Å²) in [6, 6.07) is 3.65. The molecule has 0 radical (unpaired) electrons. The summed E-state index contributed by atoms with van der Waals surface area (Å²) in [5.41, 5.74) is 3.16. The zero-order chi connectivity index (χ0) is 16.5. The van der Waals surface area contributed by atoms with Crippen LogP contribution in [0.4, 0.5) is 0 Å². The molecule has 0 saturated carbocycles. The molecular weight excluding hydrogens is 282 g/mol. The van der Waals surface area contributed by atoms with Crippen LogP contribution < -0.4 is 5.56 Å². The van der Waals surface area contributed by atoms with Crippen molar-refractivity contribution in [1.29, 1.82) is 10.5 Å². The van der Waals surface area contributed by atoms with Gasteiger partial charge in [0.25, 0.3) is 5.56 Å². The molecule has 116 valence electrons. The van der Waals surface area contributed by atoms with E-state index in [9.17, 15) is 9.59 Å². The van der Waals surface area contributed by atoms with Crippen LogP contribution in [0.15, 0.2) is 4.79 Å². The molecule has 1 N–H and O–H groups in total. The number of pyridine rings is 1. The first-order valence-corrected chi connectivity index (χ1v) is 7.22. The van der Waals surface area contributed by atoms with Gasteiger partial charge in [-0.1, -0.05) is 0 Å². The van der Waals surface area contributed by atoms with Crippen LogP contribution >= 0.6 is 0 Å². The monoisotopic (exact) mass is 301 g/mol. The van der Waals surface area contributed by atoms with Crippen molar-refractivity contribution < 1.29 is 9.53 Å². The van der Waals surface area contributed by atoms with Crippen LogP contribution in [-0.4, -0.2) is 17.6 Å². The minimum Gasteiger partial charge on any atom is -0.465 e. The molecule has 0 aromatic carbocycles. The van der Waals surface area contributed by atoms with E-state index < -0.39 is 5.97 Å². The van der Waals surface area contributed by atoms with Gasteiger partial charge >= 0.3 is 5.97 Å². The third kappa shape index (κ3) is 4.46. The van der Waals surface area contributed by atoms with Crippen LogP contribution in [0.2, 0.25) is 0 Å². The maximum atomic E-state index is 11.5. The lowest BCUT2D eigenvalue weighted by Crippen LogP contribution is -2.20. The van der Waals surface area contributed by atoms with Gasteiger partial charge in [0.1, 0.15) is 18.1 Å². The number of carbonyl (C=O) groups is 1. The van der Waals surface area contributed by atoms with Gasteiger partial charge in [0, 0.05) is 5.69 Å². The quantitative estimate of drug-likeness (QED) is 0.839. The lowest BCUT2D eigenvalue weighted by atomic mass is 9.91. The van der Waals surface area contributed by atoms with E-state index in [-0.39, 0.29) is 17.5 Å². The SMILES string of the molecule is CCOC(=O)CC#N.Cc1c2c([nH]c(=O)c1C#N)CCCC2. The van der Waals surface area contributed by atoms with Gasteiger partial charge in [-0.15, -0.1) is 0 Å². The molecule has 6 heteroatoms. The summed E-state index contributed by atoms with van der Waals surface area (Å²) in [5, 5.41) is 16.7. The number of rotatable bonds is 2. The second-order valence-corrected chi connectivity index (χ2v) is 4.87. The molecule has 1 aromatic rings. The lowest BCUT2D eigenvalue weighted by molar-refractivity contribution is -0.141. The first kappa shape index (κ1) is 17.5. The van der Waals surface area contributed by atoms with Crippen molar-refractivity contribution in [3.8, 4) is 12.1 Å². The highest BCUT2D eigenvalue weighted by Gasteiger charge is 2.16. The summed E-state index contributed by atoms with van der Waals surface area (Å²) in [6.45, 7) is 3.92. The van der Waals surface area contributed by atoms with E-state index in [1.165, 1.54) is 5.56 Å². The maximum Gasteiger partial charge on any atom is 0.320 e. The Morgan fingerprint density at radius 3 is 2.59 bits per heavy atom. The van der Waals surface area contributed by atoms with Crippen molar-refractivity contribution in [2.45, 2.75) is 46.0 Å². The molecule has 0 fully saturated rings. The minimum absolute atomic E-state index is 0.145. The van der Waals surface area contributed by atoms with Crippen molar-refractivity contribution in [2.24, 2.45) is 0 Å². The number of ether oxygens (including phenoxy) is 1. The molecule has 0 unspecified atom stereocenters. The lowest BCUT2D eigenvalue weighted by Gasteiger charge is -2.17. The van der Waals surface area contributed by atoms with Crippen LogP contribution in [0.3, 0.4) is 0 Å². The predicted molar refractivity (Wildman–Crippen MR) is 80.0 cm³/mol. The fourth-order valence-electron chi connectivity index (χ4n) is 2.39. The Morgan fingerprint density at radius 2 is 2.00 bits per heavy atom. The number of nitrogens with one attached hydrogen (secondary N) is 1. The van der Waals surface area contributed by atoms with E-state index in [1.54, 1.807) is 13.0 Å². The molecule has 0 amide bonds. The molecule has 0 spiro atoms. The predicted octanol–water partition coefficient (Wildman–Crippen LogP) is 1.90. The average molecular weight is 301 g/mol. The number of nitrogens with zero attached hydrogens (tertiary/aromatic N) is 2. The number of nitriles is 2. The van der Waals surface area contributed by atoms with Crippen LogP contribution in [0.25, 0.3) is 0 Å². The van der Waals surface area contributed by atoms with Crippen molar-refractivity contribution in [1.82, 2.24) is 4.98 Å². The molecule has 0 aliphatic heterocycles. The van der Waals surface area contributed by atoms with Gasteiger partial charge in [0.05, 0.1) is 12.7 Å². The molecule has 1 aliphatic carbocycles. The zero-order valence-corrected chi connectivity index (χ0v) is 12.9. The maximum absolute atomic E-state index is 11.5. The van der Waals surface area contributed by atoms with E-state index in [2.05, 4.69) is 9.72 Å². The highest BCUT2D eigenvalue weighted by Crippen LogP contribution is 2.22. The van der Waals surface area contributed by atoms with E-state index in [4.69, 9.17) is 10.5 Å². The molecule has 2 rings (SSSR count). The molecular formula is C16H19N3O3. The number of H-pyrrole nitrogens is 1. The largest absolute Gasteiger partial charge is 0.465 e. The van der Waals surface area contributed by atoms with Gasteiger partial charge in [-0.25, -0.2) is 0 Å². The van der Waals surface area contributed by atoms with Gasteiger partial charge in [-0.2, -0.15) is 10.5 Å². The van der Waals surface area contributed by atoms with Crippen molar-refractivity contribution >= 4 is 5.97 Å². The number of esters is 1. The van der Waals surface area contributed by atoms with Gasteiger partial charge in [0.15, 0.2) is 0 Å². The Balaban J connectivity index is 0.000000261. The molecule has 1 aromatic heterocycles. The van der Waals surface area contributed by atoms with E-state index in [0.717, 1.165) is 36.9 Å². The number of hydrogen-bond donors (Lipinski definition) is 1. The Kier molecular flexibility index (Phi) is 6.85. The fraction of sp³-hybridized carbons (Fsp3) is 0.500. The van der Waals surface area contributed by atoms with Gasteiger partial charge < -0.3 is 9.72 Å². The van der Waals surface area contributed by atoms with Gasteiger partial charge in [-0.3, -0.25) is 9.59 Å². The smallest absolute Gasteiger partial charge is 0.320 e. The normalized spacial score (nSPS) is 12.0. The Bertz CT molecular complexity index is 678. The van der Waals surface area contributed by atoms with Crippen LogP contribution in [-0.2, 0) is 22.4 Å². The number of fused-ring (bicyclic) bond motifs is 1. The molecule has 22 heavy (non-hydrogen) atoms. The molecule has 1 heterocycles. The van der Waals surface area contributed by atoms with E-state index >= 15 is 0 Å². The van der Waals surface area contributed by atoms with E-state index in [1.807, 2.05) is 13.0 Å². The summed E-state index contributed by atoms with van der Waals surface area (Å²) in [7, 11) is 0. The summed E-state index contributed by atoms with van der Waals surface area (Å²) in [4.78, 5) is 24.5. The number of hydrogen-bond acceptors (Lipinski definition) is 5. The summed E-state index contributed by atoms with van der Waals surface area (Å²) in [5.74, 6) is -0.449. The highest BCUT2D eigenvalue weighted by atomic mass is 16.5. The molecule has 6 nitrogen and oxygen atoms in total. The van der Waals surface area contributed by atoms with Crippen molar-refractivity contribution in [2.75, 3.05) is 6.61 Å². The number of carbonyl (C=O) groups excluding carboxylic acids is 1. The summed E-state index contributed by atoms with van der Waals surface area (Å²) >= 11 is 0. The fourth-order valence-corrected chi connectivity index (χ4v) is 2.39. The Morgan fingerprint density at radius 1 is 1.32 bits per heavy atom. The third-order valence-corrected chi connectivity index (χ3v) is 3.43. The minimum atomic E-state index is -0.449. The van der Waals surface area contributed by atoms with Crippen LogP contribution in [0, 0.1) is 29.6 Å². The first-order valence-electron chi connectivity index (χ1n) is 7.22. The van der Waals surface area contributed by atoms with Gasteiger partial charge in [-0.05, 0) is 50.7 Å². The van der Waals surface area contributed by atoms with Crippen molar-refractivity contribution in [3.63, 3.8) is 0 Å². The van der Waals surface area contributed by atoms with Crippen LogP contribution in [0.1, 0.15) is 48.6 Å². The second kappa shape index (κ2) is 8.63. The zero-order valence-electron chi connectivity index (χ0n) is 12.9. The second-order valence-electron chi connectivity index (χ2n) is 4.87. The molecule has 0 saturated heterocycles. The third-order valence-electron chi connectivity index (χ3n) is 3.43. The topological polar surface area (TPSA) is 107 Å². The molecule has 0 bridgehead atoms. The number of aryl methyl sites for hydroxylation is 1. The van der Waals surface area contributed by atoms with Crippen LogP contribution in [0.5, 0.6) is 0 Å². The standard InChI is InChI=1S/C11H12N2O.C5H7NO2/c1-7-8-4-2-3-5-10(8)13-11(14)9(7)6-12;1-2-8-5(7)3-4-6/h2-5H2,1H3,(H,13,14);2-3H2,1H3. The molecule has 0 atom stereocenters. The summed E-state index contributed by atoms with van der Waals surface area (Å²) < 4.78 is 4.42.